The van der Waals surface area contributed by atoms with E-state index in [2.05, 4.69) is 26.9 Å². The molecule has 1 aliphatic heterocycles. The van der Waals surface area contributed by atoms with Crippen LogP contribution in [0, 0.1) is 5.92 Å². The van der Waals surface area contributed by atoms with E-state index in [-0.39, 0.29) is 0 Å². The first kappa shape index (κ1) is 14.6. The van der Waals surface area contributed by atoms with Crippen LogP contribution in [-0.4, -0.2) is 34.3 Å². The van der Waals surface area contributed by atoms with Crippen molar-refractivity contribution < 1.29 is 4.52 Å². The van der Waals surface area contributed by atoms with Crippen LogP contribution in [0.25, 0.3) is 11.4 Å². The minimum Gasteiger partial charge on any atom is -0.357 e. The van der Waals surface area contributed by atoms with E-state index in [1.807, 2.05) is 18.3 Å². The van der Waals surface area contributed by atoms with Gasteiger partial charge in [0.15, 0.2) is 0 Å². The van der Waals surface area contributed by atoms with Crippen molar-refractivity contribution in [2.45, 2.75) is 44.6 Å². The van der Waals surface area contributed by atoms with Crippen molar-refractivity contribution in [3.8, 4) is 11.4 Å². The topological polar surface area (TPSA) is 81.1 Å². The Morgan fingerprint density at radius 3 is 2.65 bits per heavy atom. The van der Waals surface area contributed by atoms with Gasteiger partial charge in [0.1, 0.15) is 5.82 Å². The van der Waals surface area contributed by atoms with Crippen LogP contribution in [0.4, 0.5) is 5.82 Å². The average molecular weight is 313 g/mol. The summed E-state index contributed by atoms with van der Waals surface area (Å²) in [4.78, 5) is 11.4. The fourth-order valence-electron chi connectivity index (χ4n) is 3.17. The van der Waals surface area contributed by atoms with Crippen molar-refractivity contribution in [3.63, 3.8) is 0 Å². The number of rotatable bonds is 4. The molecule has 1 saturated heterocycles. The summed E-state index contributed by atoms with van der Waals surface area (Å²) in [6.07, 6.45) is 6.43. The van der Waals surface area contributed by atoms with E-state index in [4.69, 9.17) is 10.3 Å². The second kappa shape index (κ2) is 5.92. The van der Waals surface area contributed by atoms with Crippen molar-refractivity contribution in [1.82, 2.24) is 15.1 Å². The predicted molar refractivity (Wildman–Crippen MR) is 88.1 cm³/mol. The maximum absolute atomic E-state index is 5.95. The molecule has 6 nitrogen and oxygen atoms in total. The van der Waals surface area contributed by atoms with E-state index in [1.54, 1.807) is 0 Å². The number of pyridine rings is 1. The summed E-state index contributed by atoms with van der Waals surface area (Å²) in [6, 6.07) is 4.39. The molecule has 1 aliphatic carbocycles. The third-order valence-electron chi connectivity index (χ3n) is 5.03. The second-order valence-electron chi connectivity index (χ2n) is 6.81. The largest absolute Gasteiger partial charge is 0.357 e. The van der Waals surface area contributed by atoms with Gasteiger partial charge in [-0.25, -0.2) is 4.98 Å². The van der Waals surface area contributed by atoms with Crippen LogP contribution < -0.4 is 10.6 Å². The van der Waals surface area contributed by atoms with Crippen molar-refractivity contribution >= 4 is 5.82 Å². The Bertz CT molecular complexity index is 656. The number of nitrogens with zero attached hydrogens (tertiary/aromatic N) is 4. The molecular formula is C17H23N5O. The molecular weight excluding hydrogens is 290 g/mol. The predicted octanol–water partition coefficient (Wildman–Crippen LogP) is 2.57. The molecule has 0 radical (unpaired) electrons. The molecule has 2 aliphatic rings. The highest BCUT2D eigenvalue weighted by molar-refractivity contribution is 5.56. The van der Waals surface area contributed by atoms with Gasteiger partial charge in [-0.1, -0.05) is 12.1 Å². The van der Waals surface area contributed by atoms with E-state index >= 15 is 0 Å². The average Bonchev–Trinajstić information content (AvgIpc) is 3.32. The molecule has 6 heteroatoms. The maximum atomic E-state index is 5.95. The van der Waals surface area contributed by atoms with Gasteiger partial charge in [-0.2, -0.15) is 4.98 Å². The van der Waals surface area contributed by atoms with Gasteiger partial charge in [0, 0.05) is 36.8 Å². The first-order valence-electron chi connectivity index (χ1n) is 8.51. The van der Waals surface area contributed by atoms with E-state index in [1.165, 1.54) is 12.8 Å². The van der Waals surface area contributed by atoms with Gasteiger partial charge < -0.3 is 15.2 Å². The van der Waals surface area contributed by atoms with Crippen LogP contribution in [0.3, 0.4) is 0 Å². The van der Waals surface area contributed by atoms with Crippen LogP contribution >= 0.6 is 0 Å². The summed E-state index contributed by atoms with van der Waals surface area (Å²) in [5, 5.41) is 4.11. The van der Waals surface area contributed by atoms with Crippen LogP contribution in [-0.2, 0) is 0 Å². The number of nitrogens with two attached hydrogens (primary N) is 1. The highest BCUT2D eigenvalue weighted by atomic mass is 16.5. The van der Waals surface area contributed by atoms with E-state index in [0.717, 1.165) is 43.2 Å². The molecule has 4 rings (SSSR count). The Kier molecular flexibility index (Phi) is 3.77. The van der Waals surface area contributed by atoms with E-state index < -0.39 is 0 Å². The van der Waals surface area contributed by atoms with Gasteiger partial charge in [-0.3, -0.25) is 0 Å². The molecule has 1 unspecified atom stereocenters. The molecule has 2 fully saturated rings. The van der Waals surface area contributed by atoms with Crippen LogP contribution in [0.1, 0.15) is 44.4 Å². The summed E-state index contributed by atoms with van der Waals surface area (Å²) >= 11 is 0. The van der Waals surface area contributed by atoms with Gasteiger partial charge in [0.05, 0.1) is 0 Å². The standard InChI is InChI=1S/C17H23N5O/c1-11(12-2-3-12)17-20-16(21-23-17)13-4-5-15(19-10-13)22-8-6-14(18)7-9-22/h4-5,10-12,14H,2-3,6-9,18H2,1H3. The highest BCUT2D eigenvalue weighted by Gasteiger charge is 2.32. The van der Waals surface area contributed by atoms with Crippen LogP contribution in [0.15, 0.2) is 22.9 Å². The number of piperidine rings is 1. The molecule has 2 N–H and O–H groups in total. The molecule has 0 aromatic carbocycles. The van der Waals surface area contributed by atoms with Crippen LogP contribution in [0.5, 0.6) is 0 Å². The molecule has 122 valence electrons. The number of anilines is 1. The fourth-order valence-corrected chi connectivity index (χ4v) is 3.17. The van der Waals surface area contributed by atoms with Crippen molar-refractivity contribution in [1.29, 1.82) is 0 Å². The monoisotopic (exact) mass is 313 g/mol. The Morgan fingerprint density at radius 1 is 1.22 bits per heavy atom. The zero-order valence-electron chi connectivity index (χ0n) is 13.5. The molecule has 3 heterocycles. The zero-order valence-corrected chi connectivity index (χ0v) is 13.5. The van der Waals surface area contributed by atoms with E-state index in [0.29, 0.717) is 23.7 Å². The van der Waals surface area contributed by atoms with Crippen LogP contribution in [0.2, 0.25) is 0 Å². The summed E-state index contributed by atoms with van der Waals surface area (Å²) in [6.45, 7) is 4.11. The quantitative estimate of drug-likeness (QED) is 0.934. The smallest absolute Gasteiger partial charge is 0.230 e. The minimum atomic E-state index is 0.330. The van der Waals surface area contributed by atoms with Gasteiger partial charge in [-0.15, -0.1) is 0 Å². The van der Waals surface area contributed by atoms with Crippen molar-refractivity contribution in [3.05, 3.63) is 24.2 Å². The first-order chi connectivity index (χ1) is 11.2. The zero-order chi connectivity index (χ0) is 15.8. The molecule has 0 amide bonds. The Labute approximate surface area is 136 Å². The number of aromatic nitrogens is 3. The Balaban J connectivity index is 1.47. The molecule has 2 aromatic heterocycles. The Morgan fingerprint density at radius 2 is 2.00 bits per heavy atom. The van der Waals surface area contributed by atoms with Gasteiger partial charge in [0.25, 0.3) is 0 Å². The lowest BCUT2D eigenvalue weighted by molar-refractivity contribution is 0.349. The van der Waals surface area contributed by atoms with Crippen molar-refractivity contribution in [2.24, 2.45) is 11.7 Å². The molecule has 23 heavy (non-hydrogen) atoms. The third-order valence-corrected chi connectivity index (χ3v) is 5.03. The lowest BCUT2D eigenvalue weighted by Crippen LogP contribution is -2.40. The van der Waals surface area contributed by atoms with Gasteiger partial charge in [0.2, 0.25) is 11.7 Å². The van der Waals surface area contributed by atoms with Crippen molar-refractivity contribution in [2.75, 3.05) is 18.0 Å². The van der Waals surface area contributed by atoms with E-state index in [9.17, 15) is 0 Å². The molecule has 2 aromatic rings. The first-order valence-corrected chi connectivity index (χ1v) is 8.51. The SMILES string of the molecule is CC(c1nc(-c2ccc(N3CCC(N)CC3)nc2)no1)C1CC1. The summed E-state index contributed by atoms with van der Waals surface area (Å²) in [5.74, 6) is 3.45. The van der Waals surface area contributed by atoms with Gasteiger partial charge in [-0.05, 0) is 43.7 Å². The molecule has 0 bridgehead atoms. The Hall–Kier alpha value is -1.95. The lowest BCUT2D eigenvalue weighted by atomic mass is 10.1. The van der Waals surface area contributed by atoms with Gasteiger partial charge >= 0.3 is 0 Å². The number of hydrogen-bond donors (Lipinski definition) is 1. The molecule has 1 saturated carbocycles. The fraction of sp³-hybridized carbons (Fsp3) is 0.588. The second-order valence-corrected chi connectivity index (χ2v) is 6.81. The summed E-state index contributed by atoms with van der Waals surface area (Å²) in [5.41, 5.74) is 6.86. The number of hydrogen-bond acceptors (Lipinski definition) is 6. The summed E-state index contributed by atoms with van der Waals surface area (Å²) < 4.78 is 5.43. The minimum absolute atomic E-state index is 0.330. The normalized spacial score (nSPS) is 20.7. The molecule has 0 spiro atoms. The summed E-state index contributed by atoms with van der Waals surface area (Å²) in [7, 11) is 0. The molecule has 1 atom stereocenters. The maximum Gasteiger partial charge on any atom is 0.230 e. The highest BCUT2D eigenvalue weighted by Crippen LogP contribution is 2.41. The third kappa shape index (κ3) is 3.08. The lowest BCUT2D eigenvalue weighted by Gasteiger charge is -2.31.